The van der Waals surface area contributed by atoms with Crippen LogP contribution >= 0.6 is 0 Å². The third-order valence-electron chi connectivity index (χ3n) is 9.65. The first-order valence-corrected chi connectivity index (χ1v) is 17.7. The zero-order valence-electron chi connectivity index (χ0n) is 27.7. The molecule has 1 unspecified atom stereocenters. The molecular weight excluding hydrogens is 444 g/mol. The van der Waals surface area contributed by atoms with E-state index in [0.29, 0.717) is 10.8 Å². The van der Waals surface area contributed by atoms with E-state index in [1.807, 2.05) is 0 Å². The van der Waals surface area contributed by atoms with Gasteiger partial charge in [-0.2, -0.15) is 0 Å². The molecule has 0 radical (unpaired) electrons. The minimum atomic E-state index is 0.430. The summed E-state index contributed by atoms with van der Waals surface area (Å²) in [6.07, 6.45) is 39.4. The van der Waals surface area contributed by atoms with Gasteiger partial charge < -0.3 is 0 Å². The van der Waals surface area contributed by atoms with E-state index in [4.69, 9.17) is 0 Å². The van der Waals surface area contributed by atoms with Crippen molar-refractivity contribution in [1.82, 2.24) is 0 Å². The molecule has 0 saturated carbocycles. The van der Waals surface area contributed by atoms with E-state index in [1.165, 1.54) is 173 Å². The molecule has 0 aliphatic carbocycles. The molecule has 224 valence electrons. The van der Waals surface area contributed by atoms with E-state index in [2.05, 4.69) is 48.5 Å². The van der Waals surface area contributed by atoms with Crippen LogP contribution in [0.3, 0.4) is 0 Å². The predicted octanol–water partition coefficient (Wildman–Crippen LogP) is 14.2. The van der Waals surface area contributed by atoms with E-state index in [1.54, 1.807) is 0 Å². The van der Waals surface area contributed by atoms with Gasteiger partial charge in [0.15, 0.2) is 0 Å². The lowest BCUT2D eigenvalue weighted by Crippen LogP contribution is -2.32. The monoisotopic (exact) mass is 521 g/mol. The standard InChI is InChI=1S/C37H76/c1-8-9-10-11-12-13-18-21-24-27-30-33-37(7,36(4,5)6)34-31-28-25-22-19-16-14-15-17-20-23-26-29-32-35(2)3/h35H,8-34H2,1-7H3. The van der Waals surface area contributed by atoms with Crippen molar-refractivity contribution in [2.45, 2.75) is 222 Å². The summed E-state index contributed by atoms with van der Waals surface area (Å²) in [4.78, 5) is 0. The highest BCUT2D eigenvalue weighted by atomic mass is 14.4. The van der Waals surface area contributed by atoms with Crippen molar-refractivity contribution in [3.63, 3.8) is 0 Å². The molecule has 0 spiro atoms. The number of rotatable bonds is 28. The molecule has 0 bridgehead atoms. The van der Waals surface area contributed by atoms with E-state index in [9.17, 15) is 0 Å². The Bertz CT molecular complexity index is 441. The molecule has 0 aromatic heterocycles. The molecule has 0 aromatic rings. The largest absolute Gasteiger partial charge is 0.0654 e. The molecule has 0 aromatic carbocycles. The number of hydrogen-bond donors (Lipinski definition) is 0. The summed E-state index contributed by atoms with van der Waals surface area (Å²) in [6.45, 7) is 17.1. The Morgan fingerprint density at radius 2 is 0.649 bits per heavy atom. The van der Waals surface area contributed by atoms with E-state index in [-0.39, 0.29) is 0 Å². The fraction of sp³-hybridized carbons (Fsp3) is 1.00. The Morgan fingerprint density at radius 1 is 0.378 bits per heavy atom. The van der Waals surface area contributed by atoms with Crippen LogP contribution < -0.4 is 0 Å². The molecule has 0 aliphatic rings. The van der Waals surface area contributed by atoms with Gasteiger partial charge in [0.05, 0.1) is 0 Å². The maximum atomic E-state index is 2.60. The zero-order valence-corrected chi connectivity index (χ0v) is 27.7. The molecule has 0 aliphatic heterocycles. The Kier molecular flexibility index (Phi) is 25.0. The van der Waals surface area contributed by atoms with Crippen LogP contribution in [0.1, 0.15) is 222 Å². The Labute approximate surface area is 238 Å². The average molecular weight is 521 g/mol. The van der Waals surface area contributed by atoms with Crippen molar-refractivity contribution in [2.75, 3.05) is 0 Å². The fourth-order valence-electron chi connectivity index (χ4n) is 6.07. The minimum absolute atomic E-state index is 0.430. The van der Waals surface area contributed by atoms with E-state index in [0.717, 1.165) is 5.92 Å². The van der Waals surface area contributed by atoms with Crippen molar-refractivity contribution >= 4 is 0 Å². The van der Waals surface area contributed by atoms with Gasteiger partial charge in [-0.25, -0.2) is 0 Å². The molecule has 0 saturated heterocycles. The van der Waals surface area contributed by atoms with Crippen LogP contribution in [-0.2, 0) is 0 Å². The van der Waals surface area contributed by atoms with Crippen LogP contribution in [0.15, 0.2) is 0 Å². The van der Waals surface area contributed by atoms with Gasteiger partial charge >= 0.3 is 0 Å². The van der Waals surface area contributed by atoms with Gasteiger partial charge in [0.2, 0.25) is 0 Å². The second-order valence-electron chi connectivity index (χ2n) is 14.6. The zero-order chi connectivity index (χ0) is 27.7. The predicted molar refractivity (Wildman–Crippen MR) is 173 cm³/mol. The summed E-state index contributed by atoms with van der Waals surface area (Å²) in [5.41, 5.74) is 0.945. The second kappa shape index (κ2) is 25.0. The highest BCUT2D eigenvalue weighted by Crippen LogP contribution is 2.46. The highest BCUT2D eigenvalue weighted by molar-refractivity contribution is 4.86. The lowest BCUT2D eigenvalue weighted by molar-refractivity contribution is 0.0776. The topological polar surface area (TPSA) is 0 Å². The SMILES string of the molecule is CCCCCCCCCCCCCC(C)(CCCCCCCCCCCCCCCC(C)C)C(C)(C)C. The summed E-state index contributed by atoms with van der Waals surface area (Å²) in [5.74, 6) is 0.891. The van der Waals surface area contributed by atoms with Crippen LogP contribution in [0.25, 0.3) is 0 Å². The van der Waals surface area contributed by atoms with Crippen LogP contribution in [0.5, 0.6) is 0 Å². The van der Waals surface area contributed by atoms with Crippen LogP contribution in [0.2, 0.25) is 0 Å². The average Bonchev–Trinajstić information content (AvgIpc) is 2.84. The van der Waals surface area contributed by atoms with Crippen molar-refractivity contribution in [2.24, 2.45) is 16.7 Å². The molecule has 0 heterocycles. The van der Waals surface area contributed by atoms with Crippen molar-refractivity contribution in [3.8, 4) is 0 Å². The second-order valence-corrected chi connectivity index (χ2v) is 14.6. The summed E-state index contributed by atoms with van der Waals surface area (Å²) < 4.78 is 0. The number of hydrogen-bond acceptors (Lipinski definition) is 0. The van der Waals surface area contributed by atoms with E-state index >= 15 is 0 Å². The molecule has 0 heteroatoms. The van der Waals surface area contributed by atoms with Gasteiger partial charge in [0.25, 0.3) is 0 Å². The molecule has 0 fully saturated rings. The Hall–Kier alpha value is 0. The van der Waals surface area contributed by atoms with Gasteiger partial charge in [-0.1, -0.05) is 209 Å². The molecule has 0 nitrogen and oxygen atoms in total. The molecular formula is C37H76. The smallest absolute Gasteiger partial charge is 0.0277 e. The third kappa shape index (κ3) is 23.6. The van der Waals surface area contributed by atoms with Crippen molar-refractivity contribution in [1.29, 1.82) is 0 Å². The molecule has 0 N–H and O–H groups in total. The lowest BCUT2D eigenvalue weighted by atomic mass is 9.63. The maximum absolute atomic E-state index is 2.60. The van der Waals surface area contributed by atoms with Gasteiger partial charge in [-0.3, -0.25) is 0 Å². The number of unbranched alkanes of at least 4 members (excludes halogenated alkanes) is 22. The first kappa shape index (κ1) is 37.0. The Morgan fingerprint density at radius 3 is 0.919 bits per heavy atom. The van der Waals surface area contributed by atoms with Crippen molar-refractivity contribution in [3.05, 3.63) is 0 Å². The lowest BCUT2D eigenvalue weighted by Gasteiger charge is -2.43. The molecule has 37 heavy (non-hydrogen) atoms. The van der Waals surface area contributed by atoms with Crippen LogP contribution in [-0.4, -0.2) is 0 Å². The third-order valence-corrected chi connectivity index (χ3v) is 9.65. The van der Waals surface area contributed by atoms with Gasteiger partial charge in [-0.05, 0) is 29.6 Å². The quantitative estimate of drug-likeness (QED) is 0.0899. The van der Waals surface area contributed by atoms with Gasteiger partial charge in [-0.15, -0.1) is 0 Å². The van der Waals surface area contributed by atoms with Gasteiger partial charge in [0.1, 0.15) is 0 Å². The van der Waals surface area contributed by atoms with Crippen LogP contribution in [0, 0.1) is 16.7 Å². The molecule has 0 rings (SSSR count). The fourth-order valence-corrected chi connectivity index (χ4v) is 6.07. The molecule has 0 amide bonds. The van der Waals surface area contributed by atoms with Gasteiger partial charge in [0, 0.05) is 0 Å². The minimum Gasteiger partial charge on any atom is -0.0654 e. The summed E-state index contributed by atoms with van der Waals surface area (Å²) in [6, 6.07) is 0. The summed E-state index contributed by atoms with van der Waals surface area (Å²) >= 11 is 0. The molecule has 1 atom stereocenters. The Balaban J connectivity index is 3.68. The highest BCUT2D eigenvalue weighted by Gasteiger charge is 2.35. The van der Waals surface area contributed by atoms with E-state index < -0.39 is 0 Å². The normalized spacial score (nSPS) is 13.9. The van der Waals surface area contributed by atoms with Crippen molar-refractivity contribution < 1.29 is 0 Å². The first-order valence-electron chi connectivity index (χ1n) is 17.7. The first-order chi connectivity index (χ1) is 17.7. The maximum Gasteiger partial charge on any atom is -0.0277 e. The summed E-state index contributed by atoms with van der Waals surface area (Å²) in [7, 11) is 0. The van der Waals surface area contributed by atoms with Crippen LogP contribution in [0.4, 0.5) is 0 Å². The summed E-state index contributed by atoms with van der Waals surface area (Å²) in [5, 5.41) is 0.